The van der Waals surface area contributed by atoms with Gasteiger partial charge in [0.05, 0.1) is 10.5 Å². The number of carbonyl (C=O) groups excluding carboxylic acids is 1. The van der Waals surface area contributed by atoms with Crippen LogP contribution in [0.3, 0.4) is 0 Å². The first-order valence-electron chi connectivity index (χ1n) is 7.13. The average Bonchev–Trinajstić information content (AvgIpc) is 2.54. The zero-order chi connectivity index (χ0) is 19.7. The molecule has 0 aliphatic rings. The van der Waals surface area contributed by atoms with Crippen molar-refractivity contribution in [2.24, 2.45) is 0 Å². The normalized spacial score (nSPS) is 12.3. The molecule has 5 nitrogen and oxygen atoms in total. The van der Waals surface area contributed by atoms with Gasteiger partial charge in [0.15, 0.2) is 0 Å². The molecule has 0 saturated carbocycles. The average molecular weight is 451 g/mol. The summed E-state index contributed by atoms with van der Waals surface area (Å²) < 4.78 is 64.0. The molecular formula is C16H14BrF3N2O3S. The molecule has 0 aromatic heterocycles. The molecule has 0 aliphatic carbocycles. The van der Waals surface area contributed by atoms with E-state index in [1.165, 1.54) is 38.4 Å². The van der Waals surface area contributed by atoms with E-state index in [1.807, 2.05) is 0 Å². The van der Waals surface area contributed by atoms with Gasteiger partial charge in [-0.25, -0.2) is 12.7 Å². The van der Waals surface area contributed by atoms with E-state index in [2.05, 4.69) is 21.2 Å². The maximum atomic E-state index is 12.7. The Bertz CT molecular complexity index is 944. The molecule has 26 heavy (non-hydrogen) atoms. The summed E-state index contributed by atoms with van der Waals surface area (Å²) in [5.74, 6) is -0.730. The second-order valence-corrected chi connectivity index (χ2v) is 8.44. The first-order chi connectivity index (χ1) is 11.9. The number of hydrogen-bond acceptors (Lipinski definition) is 3. The second-order valence-electron chi connectivity index (χ2n) is 5.47. The van der Waals surface area contributed by atoms with E-state index in [9.17, 15) is 26.4 Å². The molecule has 2 aromatic carbocycles. The number of sulfonamides is 1. The molecule has 2 aromatic rings. The molecule has 2 rings (SSSR count). The van der Waals surface area contributed by atoms with Gasteiger partial charge in [0, 0.05) is 29.8 Å². The van der Waals surface area contributed by atoms with Gasteiger partial charge in [-0.3, -0.25) is 4.79 Å². The number of amides is 1. The summed E-state index contributed by atoms with van der Waals surface area (Å²) in [5, 5.41) is 2.34. The van der Waals surface area contributed by atoms with Crippen molar-refractivity contribution >= 4 is 37.5 Å². The van der Waals surface area contributed by atoms with Crippen molar-refractivity contribution in [3.8, 4) is 0 Å². The third-order valence-electron chi connectivity index (χ3n) is 3.40. The van der Waals surface area contributed by atoms with E-state index >= 15 is 0 Å². The summed E-state index contributed by atoms with van der Waals surface area (Å²) in [6, 6.07) is 8.07. The number of alkyl halides is 3. The van der Waals surface area contributed by atoms with Crippen molar-refractivity contribution in [2.75, 3.05) is 19.4 Å². The van der Waals surface area contributed by atoms with E-state index in [-0.39, 0.29) is 20.6 Å². The first-order valence-corrected chi connectivity index (χ1v) is 9.37. The van der Waals surface area contributed by atoms with Crippen LogP contribution in [0.2, 0.25) is 0 Å². The number of hydrogen-bond donors (Lipinski definition) is 1. The molecule has 0 saturated heterocycles. The Balaban J connectivity index is 2.35. The molecule has 1 N–H and O–H groups in total. The summed E-state index contributed by atoms with van der Waals surface area (Å²) in [5.41, 5.74) is -0.960. The predicted molar refractivity (Wildman–Crippen MR) is 94.4 cm³/mol. The predicted octanol–water partition coefficient (Wildman–Crippen LogP) is 3.97. The molecule has 0 aliphatic heterocycles. The van der Waals surface area contributed by atoms with Crippen molar-refractivity contribution in [1.82, 2.24) is 4.31 Å². The third kappa shape index (κ3) is 4.43. The van der Waals surface area contributed by atoms with Crippen molar-refractivity contribution < 1.29 is 26.4 Å². The minimum atomic E-state index is -4.54. The lowest BCUT2D eigenvalue weighted by atomic mass is 10.1. The fourth-order valence-electron chi connectivity index (χ4n) is 2.02. The number of carbonyl (C=O) groups is 1. The number of rotatable bonds is 4. The van der Waals surface area contributed by atoms with Crippen LogP contribution in [0.25, 0.3) is 0 Å². The molecule has 0 unspecified atom stereocenters. The van der Waals surface area contributed by atoms with Gasteiger partial charge in [0.25, 0.3) is 5.91 Å². The van der Waals surface area contributed by atoms with Crippen molar-refractivity contribution in [2.45, 2.75) is 11.1 Å². The Morgan fingerprint density at radius 3 is 2.35 bits per heavy atom. The van der Waals surface area contributed by atoms with Gasteiger partial charge in [-0.15, -0.1) is 0 Å². The molecule has 0 heterocycles. The van der Waals surface area contributed by atoms with Crippen LogP contribution in [0.4, 0.5) is 18.9 Å². The second kappa shape index (κ2) is 7.37. The van der Waals surface area contributed by atoms with E-state index in [1.54, 1.807) is 0 Å². The highest BCUT2D eigenvalue weighted by molar-refractivity contribution is 9.10. The van der Waals surface area contributed by atoms with Crippen LogP contribution in [0.1, 0.15) is 15.9 Å². The van der Waals surface area contributed by atoms with Crippen LogP contribution in [-0.4, -0.2) is 32.7 Å². The number of nitrogens with zero attached hydrogens (tertiary/aromatic N) is 1. The Morgan fingerprint density at radius 2 is 1.77 bits per heavy atom. The van der Waals surface area contributed by atoms with E-state index in [4.69, 9.17) is 0 Å². The number of benzene rings is 2. The van der Waals surface area contributed by atoms with Crippen molar-refractivity contribution in [3.63, 3.8) is 0 Å². The lowest BCUT2D eigenvalue weighted by Crippen LogP contribution is -2.23. The summed E-state index contributed by atoms with van der Waals surface area (Å²) in [7, 11) is -1.12. The van der Waals surface area contributed by atoms with E-state index < -0.39 is 27.7 Å². The van der Waals surface area contributed by atoms with Gasteiger partial charge in [0.1, 0.15) is 0 Å². The topological polar surface area (TPSA) is 66.5 Å². The SMILES string of the molecule is CN(C)S(=O)(=O)c1cc(C(=O)Nc2cccc(C(F)(F)F)c2)ccc1Br. The molecule has 0 radical (unpaired) electrons. The monoisotopic (exact) mass is 450 g/mol. The van der Waals surface area contributed by atoms with Gasteiger partial charge in [-0.1, -0.05) is 6.07 Å². The van der Waals surface area contributed by atoms with Gasteiger partial charge in [-0.2, -0.15) is 13.2 Å². The maximum absolute atomic E-state index is 12.7. The zero-order valence-electron chi connectivity index (χ0n) is 13.6. The molecule has 10 heteroatoms. The Labute approximate surface area is 157 Å². The van der Waals surface area contributed by atoms with Crippen LogP contribution in [0, 0.1) is 0 Å². The Hall–Kier alpha value is -1.91. The fraction of sp³-hybridized carbons (Fsp3) is 0.188. The van der Waals surface area contributed by atoms with Gasteiger partial charge in [-0.05, 0) is 52.3 Å². The number of anilines is 1. The van der Waals surface area contributed by atoms with E-state index in [0.717, 1.165) is 22.5 Å². The minimum absolute atomic E-state index is 0.00830. The zero-order valence-corrected chi connectivity index (χ0v) is 16.0. The third-order valence-corrected chi connectivity index (χ3v) is 6.21. The van der Waals surface area contributed by atoms with Crippen LogP contribution in [0.5, 0.6) is 0 Å². The summed E-state index contributed by atoms with van der Waals surface area (Å²) in [6.45, 7) is 0. The van der Waals surface area contributed by atoms with Crippen LogP contribution >= 0.6 is 15.9 Å². The number of nitrogens with one attached hydrogen (secondary N) is 1. The smallest absolute Gasteiger partial charge is 0.322 e. The lowest BCUT2D eigenvalue weighted by Gasteiger charge is -2.14. The molecule has 1 amide bonds. The quantitative estimate of drug-likeness (QED) is 0.765. The van der Waals surface area contributed by atoms with Gasteiger partial charge < -0.3 is 5.32 Å². The molecule has 140 valence electrons. The molecule has 0 fully saturated rings. The van der Waals surface area contributed by atoms with Gasteiger partial charge >= 0.3 is 6.18 Å². The lowest BCUT2D eigenvalue weighted by molar-refractivity contribution is -0.137. The standard InChI is InChI=1S/C16H14BrF3N2O3S/c1-22(2)26(24,25)14-8-10(6-7-13(14)17)15(23)21-12-5-3-4-11(9-12)16(18,19)20/h3-9H,1-2H3,(H,21,23). The van der Waals surface area contributed by atoms with Gasteiger partial charge in [0.2, 0.25) is 10.0 Å². The minimum Gasteiger partial charge on any atom is -0.322 e. The molecular weight excluding hydrogens is 437 g/mol. The highest BCUT2D eigenvalue weighted by atomic mass is 79.9. The first kappa shape index (κ1) is 20.4. The summed E-state index contributed by atoms with van der Waals surface area (Å²) >= 11 is 3.12. The van der Waals surface area contributed by atoms with Crippen LogP contribution < -0.4 is 5.32 Å². The molecule has 0 atom stereocenters. The highest BCUT2D eigenvalue weighted by Gasteiger charge is 2.30. The maximum Gasteiger partial charge on any atom is 0.416 e. The van der Waals surface area contributed by atoms with E-state index in [0.29, 0.717) is 0 Å². The van der Waals surface area contributed by atoms with Crippen LogP contribution in [0.15, 0.2) is 51.8 Å². The summed E-state index contributed by atoms with van der Waals surface area (Å²) in [6.07, 6.45) is -4.54. The Morgan fingerprint density at radius 1 is 1.12 bits per heavy atom. The highest BCUT2D eigenvalue weighted by Crippen LogP contribution is 2.31. The summed E-state index contributed by atoms with van der Waals surface area (Å²) in [4.78, 5) is 12.2. The van der Waals surface area contributed by atoms with Crippen LogP contribution in [-0.2, 0) is 16.2 Å². The Kier molecular flexibility index (Phi) is 5.79. The van der Waals surface area contributed by atoms with Crippen molar-refractivity contribution in [3.05, 3.63) is 58.1 Å². The molecule has 0 bridgehead atoms. The largest absolute Gasteiger partial charge is 0.416 e. The fourth-order valence-corrected chi connectivity index (χ4v) is 3.86. The van der Waals surface area contributed by atoms with Crippen molar-refractivity contribution in [1.29, 1.82) is 0 Å². The number of halogens is 4. The molecule has 0 spiro atoms.